The molecule has 0 heterocycles. The standard InChI is InChI=1S/2C4H2F6O3.BO3.5Li/c2*5-3(6,7)2(13,1(11)12)4(8,9)10;2-1(3)4;;;;;/h2*13H,(H,11,12);;;;;;/q;;-3;5*+1/p-2. The van der Waals surface area contributed by atoms with Crippen molar-refractivity contribution >= 4 is 19.3 Å². The number of aliphatic hydroxyl groups is 2. The maximum absolute atomic E-state index is 11.5. The van der Waals surface area contributed by atoms with Crippen molar-refractivity contribution in [2.75, 3.05) is 0 Å². The SMILES string of the molecule is O=C([O-])C(O)(C(F)(F)F)C(F)(F)F.O=C([O-])C(O)(C(F)(F)F)C(F)(F)F.[Li+].[Li+].[Li+].[Li+].[Li+].[O-]B([O-])[O-]. The first-order valence-corrected chi connectivity index (χ1v) is 5.74. The minimum atomic E-state index is -6.37. The first kappa shape index (κ1) is 56.2. The van der Waals surface area contributed by atoms with Crippen molar-refractivity contribution in [2.24, 2.45) is 0 Å². The van der Waals surface area contributed by atoms with Crippen molar-refractivity contribution < 1.29 is 192 Å². The molecule has 0 spiro atoms. The Morgan fingerprint density at radius 2 is 0.571 bits per heavy atom. The van der Waals surface area contributed by atoms with Gasteiger partial charge in [0.15, 0.2) is 0 Å². The van der Waals surface area contributed by atoms with Crippen molar-refractivity contribution in [3.05, 3.63) is 0 Å². The topological polar surface area (TPSA) is 190 Å². The van der Waals surface area contributed by atoms with Crippen LogP contribution in [0.25, 0.3) is 0 Å². The van der Waals surface area contributed by atoms with Gasteiger partial charge in [0.25, 0.3) is 11.2 Å². The van der Waals surface area contributed by atoms with E-state index in [0.29, 0.717) is 0 Å². The Hall–Kier alpha value is 0.952. The molecule has 0 rings (SSSR count). The number of aliphatic carboxylic acids is 2. The Bertz CT molecular complexity index is 520. The number of rotatable bonds is 2. The molecule has 0 aliphatic carbocycles. The molecule has 0 saturated carbocycles. The molecule has 0 aromatic heterocycles. The van der Waals surface area contributed by atoms with E-state index in [9.17, 15) is 72.5 Å². The fourth-order valence-electron chi connectivity index (χ4n) is 0.784. The second kappa shape index (κ2) is 19.1. The predicted octanol–water partition coefficient (Wildman–Crippen LogP) is -19.7. The molecular formula is C8H2BF12Li5O9. The molecule has 0 radical (unpaired) electrons. The van der Waals surface area contributed by atoms with Gasteiger partial charge in [-0.1, -0.05) is 0 Å². The van der Waals surface area contributed by atoms with Crippen molar-refractivity contribution in [3.63, 3.8) is 0 Å². The van der Waals surface area contributed by atoms with Gasteiger partial charge < -0.3 is 45.1 Å². The van der Waals surface area contributed by atoms with Crippen LogP contribution in [0.4, 0.5) is 52.7 Å². The van der Waals surface area contributed by atoms with Gasteiger partial charge in [0.2, 0.25) is 0 Å². The van der Waals surface area contributed by atoms with Gasteiger partial charge in [-0.3, -0.25) is 7.32 Å². The average Bonchev–Trinajstić information content (AvgIpc) is 2.40. The van der Waals surface area contributed by atoms with Crippen LogP contribution < -0.4 is 120 Å². The summed E-state index contributed by atoms with van der Waals surface area (Å²) in [6.07, 6.45) is -25.5. The predicted molar refractivity (Wildman–Crippen MR) is 49.9 cm³/mol. The van der Waals surface area contributed by atoms with E-state index < -0.39 is 55.2 Å². The van der Waals surface area contributed by atoms with Gasteiger partial charge in [-0.25, -0.2) is 0 Å². The van der Waals surface area contributed by atoms with E-state index in [-0.39, 0.29) is 94.3 Å². The van der Waals surface area contributed by atoms with E-state index in [1.807, 2.05) is 0 Å². The normalized spacial score (nSPS) is 11.5. The Balaban J connectivity index is -0.0000000534. The molecule has 0 aliphatic rings. The quantitative estimate of drug-likeness (QED) is 0.266. The van der Waals surface area contributed by atoms with Crippen LogP contribution in [0.5, 0.6) is 0 Å². The van der Waals surface area contributed by atoms with Crippen LogP contribution in [0, 0.1) is 0 Å². The summed E-state index contributed by atoms with van der Waals surface area (Å²) in [4.78, 5) is 19.0. The second-order valence-electron chi connectivity index (χ2n) is 4.28. The maximum atomic E-state index is 11.5. The molecule has 0 amide bonds. The molecule has 27 heteroatoms. The van der Waals surface area contributed by atoms with E-state index in [1.165, 1.54) is 0 Å². The van der Waals surface area contributed by atoms with Crippen molar-refractivity contribution in [2.45, 2.75) is 35.9 Å². The van der Waals surface area contributed by atoms with E-state index in [4.69, 9.17) is 25.3 Å². The molecule has 35 heavy (non-hydrogen) atoms. The molecule has 0 bridgehead atoms. The number of carboxylic acid groups (broad SMARTS) is 2. The van der Waals surface area contributed by atoms with E-state index in [1.54, 1.807) is 0 Å². The van der Waals surface area contributed by atoms with Crippen molar-refractivity contribution in [1.82, 2.24) is 0 Å². The largest absolute Gasteiger partial charge is 1.00 e. The van der Waals surface area contributed by atoms with Gasteiger partial charge in [0.1, 0.15) is 0 Å². The Kier molecular flexibility index (Phi) is 30.6. The van der Waals surface area contributed by atoms with Crippen LogP contribution in [-0.2, 0) is 9.59 Å². The third-order valence-corrected chi connectivity index (χ3v) is 2.23. The number of carbonyl (C=O) groups is 2. The summed E-state index contributed by atoms with van der Waals surface area (Å²) in [6, 6.07) is 0. The minimum Gasteiger partial charge on any atom is -0.907 e. The number of alkyl halides is 12. The zero-order valence-electron chi connectivity index (χ0n) is 17.9. The average molecular weight is 516 g/mol. The number of halogens is 12. The summed E-state index contributed by atoms with van der Waals surface area (Å²) in [5.74, 6) is -7.32. The first-order valence-electron chi connectivity index (χ1n) is 5.74. The minimum absolute atomic E-state index is 0. The van der Waals surface area contributed by atoms with Crippen LogP contribution in [0.3, 0.4) is 0 Å². The van der Waals surface area contributed by atoms with E-state index in [2.05, 4.69) is 0 Å². The maximum Gasteiger partial charge on any atom is 1.00 e. The van der Waals surface area contributed by atoms with Gasteiger partial charge in [0.05, 0.1) is 11.9 Å². The second-order valence-corrected chi connectivity index (χ2v) is 4.28. The zero-order chi connectivity index (χ0) is 25.7. The molecule has 0 aromatic rings. The molecule has 0 saturated heterocycles. The molecule has 0 aromatic carbocycles. The van der Waals surface area contributed by atoms with E-state index >= 15 is 0 Å². The first-order chi connectivity index (χ1) is 12.6. The summed E-state index contributed by atoms with van der Waals surface area (Å²) in [5.41, 5.74) is -11.6. The number of hydrogen-bond acceptors (Lipinski definition) is 9. The molecular weight excluding hydrogens is 514 g/mol. The third-order valence-electron chi connectivity index (χ3n) is 2.23. The van der Waals surface area contributed by atoms with Gasteiger partial charge in [-0.2, -0.15) is 52.7 Å². The Morgan fingerprint density at radius 1 is 0.486 bits per heavy atom. The number of carbonyl (C=O) groups excluding carboxylic acids is 2. The zero-order valence-corrected chi connectivity index (χ0v) is 17.9. The molecule has 0 atom stereocenters. The van der Waals surface area contributed by atoms with Crippen LogP contribution in [-0.4, -0.2) is 65.4 Å². The fraction of sp³-hybridized carbons (Fsp3) is 0.750. The van der Waals surface area contributed by atoms with Crippen LogP contribution in [0.2, 0.25) is 0 Å². The molecule has 180 valence electrons. The summed E-state index contributed by atoms with van der Waals surface area (Å²) in [5, 5.41) is 60.0. The van der Waals surface area contributed by atoms with Crippen molar-refractivity contribution in [1.29, 1.82) is 0 Å². The number of carboxylic acids is 2. The summed E-state index contributed by atoms with van der Waals surface area (Å²) in [7, 11) is -2.92. The molecule has 9 nitrogen and oxygen atoms in total. The van der Waals surface area contributed by atoms with E-state index in [0.717, 1.165) is 0 Å². The van der Waals surface area contributed by atoms with Crippen LogP contribution in [0.1, 0.15) is 0 Å². The molecule has 0 unspecified atom stereocenters. The summed E-state index contributed by atoms with van der Waals surface area (Å²) < 4.78 is 138. The van der Waals surface area contributed by atoms with Gasteiger partial charge >= 0.3 is 119 Å². The monoisotopic (exact) mass is 516 g/mol. The van der Waals surface area contributed by atoms with Gasteiger partial charge in [-0.05, 0) is 0 Å². The van der Waals surface area contributed by atoms with Crippen molar-refractivity contribution in [3.8, 4) is 0 Å². The Labute approximate surface area is 246 Å². The molecule has 0 aliphatic heterocycles. The van der Waals surface area contributed by atoms with Gasteiger partial charge in [-0.15, -0.1) is 0 Å². The molecule has 0 fully saturated rings. The fourth-order valence-corrected chi connectivity index (χ4v) is 0.784. The Morgan fingerprint density at radius 3 is 0.571 bits per heavy atom. The van der Waals surface area contributed by atoms with Gasteiger partial charge in [0, 0.05) is 0 Å². The summed E-state index contributed by atoms with van der Waals surface area (Å²) >= 11 is 0. The third kappa shape index (κ3) is 15.8. The smallest absolute Gasteiger partial charge is 0.907 e. The van der Waals surface area contributed by atoms with Crippen LogP contribution >= 0.6 is 0 Å². The van der Waals surface area contributed by atoms with Crippen LogP contribution in [0.15, 0.2) is 0 Å². The summed E-state index contributed by atoms with van der Waals surface area (Å²) in [6.45, 7) is 0. The number of hydrogen-bond donors (Lipinski definition) is 2. The molecule has 2 N–H and O–H groups in total.